The number of nitrogens with zero attached hydrogens (tertiary/aromatic N) is 4. The topological polar surface area (TPSA) is 69.8 Å². The molecule has 0 aliphatic heterocycles. The number of rotatable bonds is 2. The molecule has 2 aromatic heterocycles. The lowest BCUT2D eigenvalue weighted by molar-refractivity contribution is -0.137. The Labute approximate surface area is 155 Å². The van der Waals surface area contributed by atoms with E-state index >= 15 is 0 Å². The van der Waals surface area contributed by atoms with E-state index < -0.39 is 20.8 Å². The summed E-state index contributed by atoms with van der Waals surface area (Å²) in [6.45, 7) is 0. The molecule has 0 radical (unpaired) electrons. The fourth-order valence-electron chi connectivity index (χ4n) is 3.00. The van der Waals surface area contributed by atoms with Gasteiger partial charge in [-0.3, -0.25) is 4.57 Å². The van der Waals surface area contributed by atoms with Gasteiger partial charge in [-0.25, -0.2) is 13.1 Å². The van der Waals surface area contributed by atoms with Gasteiger partial charge in [0.05, 0.1) is 16.0 Å². The molecule has 27 heavy (non-hydrogen) atoms. The van der Waals surface area contributed by atoms with E-state index in [1.165, 1.54) is 35.0 Å². The third-order valence-corrected chi connectivity index (χ3v) is 5.56. The molecule has 0 fully saturated rings. The maximum absolute atomic E-state index is 12.8. The van der Waals surface area contributed by atoms with Gasteiger partial charge < -0.3 is 0 Å². The summed E-state index contributed by atoms with van der Waals surface area (Å²) < 4.78 is 64.9. The molecule has 4 aromatic rings. The van der Waals surface area contributed by atoms with Crippen molar-refractivity contribution in [3.63, 3.8) is 0 Å². The van der Waals surface area contributed by atoms with Gasteiger partial charge in [-0.1, -0.05) is 5.21 Å². The van der Waals surface area contributed by atoms with Crippen LogP contribution in [0.4, 0.5) is 13.2 Å². The summed E-state index contributed by atoms with van der Waals surface area (Å²) in [5.74, 6) is 0. The first-order valence-electron chi connectivity index (χ1n) is 7.53. The van der Waals surface area contributed by atoms with E-state index in [0.29, 0.717) is 27.8 Å². The van der Waals surface area contributed by atoms with Gasteiger partial charge in [0.1, 0.15) is 5.52 Å². The molecular formula is C16H10ClF3N4O2S. The van der Waals surface area contributed by atoms with Crippen molar-refractivity contribution in [1.29, 1.82) is 0 Å². The molecule has 4 rings (SSSR count). The van der Waals surface area contributed by atoms with E-state index in [1.54, 1.807) is 11.6 Å². The Morgan fingerprint density at radius 2 is 1.74 bits per heavy atom. The average Bonchev–Trinajstić information content (AvgIpc) is 3.11. The molecule has 11 heteroatoms. The molecule has 0 atom stereocenters. The van der Waals surface area contributed by atoms with Crippen molar-refractivity contribution in [3.05, 3.63) is 48.0 Å². The SMILES string of the molecule is Cn1nnc2c3cc(S(=O)(=O)Cl)ccc3n(-c3ccc(C(F)(F)F)cc3)c21. The summed E-state index contributed by atoms with van der Waals surface area (Å²) in [4.78, 5) is -0.103. The van der Waals surface area contributed by atoms with Crippen molar-refractivity contribution in [2.24, 2.45) is 7.05 Å². The first-order chi connectivity index (χ1) is 12.6. The van der Waals surface area contributed by atoms with Crippen molar-refractivity contribution in [1.82, 2.24) is 19.6 Å². The first-order valence-corrected chi connectivity index (χ1v) is 9.84. The third-order valence-electron chi connectivity index (χ3n) is 4.21. The summed E-state index contributed by atoms with van der Waals surface area (Å²) in [7, 11) is 3.10. The molecule has 0 unspecified atom stereocenters. The van der Waals surface area contributed by atoms with E-state index in [9.17, 15) is 21.6 Å². The number of benzene rings is 2. The van der Waals surface area contributed by atoms with Crippen molar-refractivity contribution in [2.75, 3.05) is 0 Å². The van der Waals surface area contributed by atoms with Crippen molar-refractivity contribution in [3.8, 4) is 5.69 Å². The molecule has 0 bridgehead atoms. The van der Waals surface area contributed by atoms with Gasteiger partial charge in [-0.2, -0.15) is 13.2 Å². The number of aromatic nitrogens is 4. The number of halogens is 4. The van der Waals surface area contributed by atoms with Crippen LogP contribution in [0.25, 0.3) is 27.8 Å². The Kier molecular flexibility index (Phi) is 3.76. The standard InChI is InChI=1S/C16H10ClF3N4O2S/c1-23-15-14(21-22-23)12-8-11(27(17,25)26)6-7-13(12)24(15)10-4-2-9(3-5-10)16(18,19)20/h2-8H,1H3. The Hall–Kier alpha value is -2.59. The van der Waals surface area contributed by atoms with Gasteiger partial charge in [0.25, 0.3) is 9.05 Å². The lowest BCUT2D eigenvalue weighted by Crippen LogP contribution is -2.05. The molecule has 2 aromatic carbocycles. The molecule has 2 heterocycles. The van der Waals surface area contributed by atoms with Gasteiger partial charge in [-0.05, 0) is 42.5 Å². The zero-order chi connectivity index (χ0) is 19.6. The van der Waals surface area contributed by atoms with Crippen molar-refractivity contribution >= 4 is 41.8 Å². The molecule has 0 saturated heterocycles. The zero-order valence-electron chi connectivity index (χ0n) is 13.6. The molecule has 0 saturated carbocycles. The van der Waals surface area contributed by atoms with Gasteiger partial charge in [0, 0.05) is 28.8 Å². The lowest BCUT2D eigenvalue weighted by atomic mass is 10.2. The van der Waals surface area contributed by atoms with Crippen molar-refractivity contribution in [2.45, 2.75) is 11.1 Å². The van der Waals surface area contributed by atoms with Crippen LogP contribution in [0, 0.1) is 0 Å². The average molecular weight is 415 g/mol. The highest BCUT2D eigenvalue weighted by Gasteiger charge is 2.30. The second kappa shape index (κ2) is 5.70. The van der Waals surface area contributed by atoms with E-state index in [-0.39, 0.29) is 4.90 Å². The lowest BCUT2D eigenvalue weighted by Gasteiger charge is -2.10. The molecule has 0 amide bonds. The van der Waals surface area contributed by atoms with E-state index in [4.69, 9.17) is 10.7 Å². The van der Waals surface area contributed by atoms with Gasteiger partial charge in [0.2, 0.25) is 0 Å². The van der Waals surface area contributed by atoms with Crippen LogP contribution in [-0.2, 0) is 22.3 Å². The van der Waals surface area contributed by atoms with Crippen LogP contribution in [0.5, 0.6) is 0 Å². The fraction of sp³-hybridized carbons (Fsp3) is 0.125. The Morgan fingerprint density at radius 3 is 2.33 bits per heavy atom. The van der Waals surface area contributed by atoms with Gasteiger partial charge in [0.15, 0.2) is 5.65 Å². The Balaban J connectivity index is 2.03. The van der Waals surface area contributed by atoms with Crippen LogP contribution in [0.15, 0.2) is 47.4 Å². The van der Waals surface area contributed by atoms with Crippen LogP contribution >= 0.6 is 10.7 Å². The molecule has 0 aliphatic carbocycles. The normalized spacial score (nSPS) is 12.9. The van der Waals surface area contributed by atoms with Gasteiger partial charge in [-0.15, -0.1) is 5.10 Å². The fourth-order valence-corrected chi connectivity index (χ4v) is 3.78. The smallest absolute Gasteiger partial charge is 0.293 e. The number of alkyl halides is 3. The minimum Gasteiger partial charge on any atom is -0.293 e. The largest absolute Gasteiger partial charge is 0.416 e. The number of hydrogen-bond donors (Lipinski definition) is 0. The van der Waals surface area contributed by atoms with E-state index in [0.717, 1.165) is 12.1 Å². The van der Waals surface area contributed by atoms with E-state index in [2.05, 4.69) is 10.3 Å². The molecule has 0 aliphatic rings. The zero-order valence-corrected chi connectivity index (χ0v) is 15.1. The Bertz CT molecular complexity index is 1290. The number of aryl methyl sites for hydroxylation is 1. The highest BCUT2D eigenvalue weighted by Crippen LogP contribution is 2.34. The molecule has 0 spiro atoms. The van der Waals surface area contributed by atoms with Crippen LogP contribution in [-0.4, -0.2) is 28.0 Å². The van der Waals surface area contributed by atoms with Crippen LogP contribution in [0.3, 0.4) is 0 Å². The second-order valence-corrected chi connectivity index (χ2v) is 8.45. The maximum Gasteiger partial charge on any atom is 0.416 e. The highest BCUT2D eigenvalue weighted by molar-refractivity contribution is 8.13. The monoisotopic (exact) mass is 414 g/mol. The van der Waals surface area contributed by atoms with Crippen LogP contribution in [0.2, 0.25) is 0 Å². The summed E-state index contributed by atoms with van der Waals surface area (Å²) in [6.07, 6.45) is -4.44. The Morgan fingerprint density at radius 1 is 1.07 bits per heavy atom. The van der Waals surface area contributed by atoms with Crippen LogP contribution < -0.4 is 0 Å². The van der Waals surface area contributed by atoms with Crippen LogP contribution in [0.1, 0.15) is 5.56 Å². The second-order valence-electron chi connectivity index (χ2n) is 5.88. The number of fused-ring (bicyclic) bond motifs is 3. The minimum absolute atomic E-state index is 0.103. The molecule has 0 N–H and O–H groups in total. The summed E-state index contributed by atoms with van der Waals surface area (Å²) in [5.41, 5.74) is 1.17. The predicted molar refractivity (Wildman–Crippen MR) is 93.4 cm³/mol. The molecule has 140 valence electrons. The summed E-state index contributed by atoms with van der Waals surface area (Å²) >= 11 is 0. The molecule has 6 nitrogen and oxygen atoms in total. The quantitative estimate of drug-likeness (QED) is 0.467. The predicted octanol–water partition coefficient (Wildman–Crippen LogP) is 3.86. The van der Waals surface area contributed by atoms with Crippen molar-refractivity contribution < 1.29 is 21.6 Å². The number of hydrogen-bond acceptors (Lipinski definition) is 4. The van der Waals surface area contributed by atoms with E-state index in [1.807, 2.05) is 0 Å². The minimum atomic E-state index is -4.44. The van der Waals surface area contributed by atoms with Gasteiger partial charge >= 0.3 is 6.18 Å². The third kappa shape index (κ3) is 2.85. The highest BCUT2D eigenvalue weighted by atomic mass is 35.7. The summed E-state index contributed by atoms with van der Waals surface area (Å²) in [6, 6.07) is 8.86. The first kappa shape index (κ1) is 17.8. The summed E-state index contributed by atoms with van der Waals surface area (Å²) in [5, 5.41) is 8.44. The maximum atomic E-state index is 12.8. The molecular weight excluding hydrogens is 405 g/mol.